The topological polar surface area (TPSA) is 58.6 Å². The Morgan fingerprint density at radius 3 is 2.81 bits per heavy atom. The van der Waals surface area contributed by atoms with Crippen LogP contribution in [-0.2, 0) is 11.3 Å². The molecule has 1 aliphatic carbocycles. The summed E-state index contributed by atoms with van der Waals surface area (Å²) in [7, 11) is 0. The van der Waals surface area contributed by atoms with Gasteiger partial charge in [-0.15, -0.1) is 0 Å². The van der Waals surface area contributed by atoms with Crippen molar-refractivity contribution in [2.45, 2.75) is 45.8 Å². The van der Waals surface area contributed by atoms with Gasteiger partial charge in [-0.1, -0.05) is 44.2 Å². The molecule has 4 heteroatoms. The first-order chi connectivity index (χ1) is 9.96. The van der Waals surface area contributed by atoms with Gasteiger partial charge in [-0.05, 0) is 30.2 Å². The number of rotatable bonds is 4. The fourth-order valence-electron chi connectivity index (χ4n) is 2.92. The number of hydrogen-bond acceptors (Lipinski definition) is 3. The highest BCUT2D eigenvalue weighted by atomic mass is 16.5. The number of ether oxygens (including phenoxy) is 1. The third kappa shape index (κ3) is 5.05. The highest BCUT2D eigenvalue weighted by molar-refractivity contribution is 5.67. The Bertz CT molecular complexity index is 458. The molecule has 2 N–H and O–H groups in total. The van der Waals surface area contributed by atoms with Crippen molar-refractivity contribution in [2.75, 3.05) is 6.54 Å². The van der Waals surface area contributed by atoms with Crippen LogP contribution in [0.25, 0.3) is 0 Å². The first-order valence-corrected chi connectivity index (χ1v) is 7.59. The Labute approximate surface area is 126 Å². The summed E-state index contributed by atoms with van der Waals surface area (Å²) in [5.41, 5.74) is 1.20. The molecule has 0 saturated heterocycles. The summed E-state index contributed by atoms with van der Waals surface area (Å²) in [6, 6.07) is 9.59. The largest absolute Gasteiger partial charge is 0.445 e. The second-order valence-corrected chi connectivity index (χ2v) is 6.68. The average molecular weight is 291 g/mol. The van der Waals surface area contributed by atoms with Crippen molar-refractivity contribution in [2.24, 2.45) is 11.3 Å². The van der Waals surface area contributed by atoms with Crippen molar-refractivity contribution in [3.8, 4) is 0 Å². The van der Waals surface area contributed by atoms with Crippen molar-refractivity contribution in [3.05, 3.63) is 35.9 Å². The number of alkyl carbamates (subject to hydrolysis) is 1. The van der Waals surface area contributed by atoms with E-state index in [0.717, 1.165) is 24.8 Å². The molecule has 2 atom stereocenters. The van der Waals surface area contributed by atoms with E-state index in [0.29, 0.717) is 6.54 Å². The van der Waals surface area contributed by atoms with Crippen LogP contribution in [0.3, 0.4) is 0 Å². The Kier molecular flexibility index (Phi) is 5.23. The minimum atomic E-state index is -0.422. The maximum atomic E-state index is 11.7. The molecular formula is C17H25NO3. The van der Waals surface area contributed by atoms with E-state index in [9.17, 15) is 9.90 Å². The van der Waals surface area contributed by atoms with E-state index in [-0.39, 0.29) is 24.0 Å². The second kappa shape index (κ2) is 6.94. The summed E-state index contributed by atoms with van der Waals surface area (Å²) in [6.45, 7) is 5.16. The average Bonchev–Trinajstić information content (AvgIpc) is 2.47. The zero-order chi connectivity index (χ0) is 15.3. The van der Waals surface area contributed by atoms with Crippen LogP contribution in [-0.4, -0.2) is 23.8 Å². The van der Waals surface area contributed by atoms with Gasteiger partial charge in [-0.25, -0.2) is 4.79 Å². The fourth-order valence-corrected chi connectivity index (χ4v) is 2.92. The van der Waals surface area contributed by atoms with Gasteiger partial charge < -0.3 is 15.2 Å². The molecule has 0 bridgehead atoms. The molecule has 0 aliphatic heterocycles. The smallest absolute Gasteiger partial charge is 0.407 e. The molecule has 0 aromatic heterocycles. The molecule has 0 heterocycles. The number of hydrogen-bond donors (Lipinski definition) is 2. The molecule has 1 aromatic rings. The van der Waals surface area contributed by atoms with E-state index in [1.165, 1.54) is 0 Å². The van der Waals surface area contributed by atoms with Gasteiger partial charge in [0.1, 0.15) is 6.61 Å². The Hall–Kier alpha value is -1.55. The van der Waals surface area contributed by atoms with E-state index in [4.69, 9.17) is 4.74 Å². The zero-order valence-electron chi connectivity index (χ0n) is 12.8. The standard InChI is InChI=1S/C17H25NO3/c1-17(2)9-8-15(19)14(10-17)11-18-16(20)21-12-13-6-4-3-5-7-13/h3-7,14-15,19H,8-12H2,1-2H3,(H,18,20). The lowest BCUT2D eigenvalue weighted by molar-refractivity contribution is 0.0214. The van der Waals surface area contributed by atoms with Gasteiger partial charge in [0.2, 0.25) is 0 Å². The molecule has 0 radical (unpaired) electrons. The lowest BCUT2D eigenvalue weighted by Gasteiger charge is -2.38. The molecule has 116 valence electrons. The van der Waals surface area contributed by atoms with Crippen molar-refractivity contribution < 1.29 is 14.6 Å². The summed E-state index contributed by atoms with van der Waals surface area (Å²) < 4.78 is 5.17. The Morgan fingerprint density at radius 1 is 1.38 bits per heavy atom. The normalized spacial score (nSPS) is 24.3. The molecule has 0 spiro atoms. The second-order valence-electron chi connectivity index (χ2n) is 6.68. The summed E-state index contributed by atoms with van der Waals surface area (Å²) >= 11 is 0. The number of carbonyl (C=O) groups is 1. The van der Waals surface area contributed by atoms with Gasteiger partial charge in [-0.3, -0.25) is 0 Å². The third-order valence-electron chi connectivity index (χ3n) is 4.20. The quantitative estimate of drug-likeness (QED) is 0.896. The molecule has 1 saturated carbocycles. The minimum absolute atomic E-state index is 0.109. The fraction of sp³-hybridized carbons (Fsp3) is 0.588. The van der Waals surface area contributed by atoms with E-state index in [1.807, 2.05) is 30.3 Å². The molecular weight excluding hydrogens is 266 g/mol. The maximum Gasteiger partial charge on any atom is 0.407 e. The zero-order valence-corrected chi connectivity index (χ0v) is 12.8. The van der Waals surface area contributed by atoms with Gasteiger partial charge in [0.25, 0.3) is 0 Å². The van der Waals surface area contributed by atoms with Crippen LogP contribution >= 0.6 is 0 Å². The van der Waals surface area contributed by atoms with E-state index in [2.05, 4.69) is 19.2 Å². The van der Waals surface area contributed by atoms with Gasteiger partial charge in [0, 0.05) is 12.5 Å². The van der Waals surface area contributed by atoms with Gasteiger partial charge in [-0.2, -0.15) is 0 Å². The third-order valence-corrected chi connectivity index (χ3v) is 4.20. The van der Waals surface area contributed by atoms with Crippen LogP contribution in [0.5, 0.6) is 0 Å². The van der Waals surface area contributed by atoms with Gasteiger partial charge >= 0.3 is 6.09 Å². The van der Waals surface area contributed by atoms with Gasteiger partial charge in [0.05, 0.1) is 6.10 Å². The van der Waals surface area contributed by atoms with Crippen LogP contribution in [0.4, 0.5) is 4.79 Å². The summed E-state index contributed by atoms with van der Waals surface area (Å²) in [6.07, 6.45) is 2.01. The predicted molar refractivity (Wildman–Crippen MR) is 81.8 cm³/mol. The highest BCUT2D eigenvalue weighted by Crippen LogP contribution is 2.38. The molecule has 4 nitrogen and oxygen atoms in total. The number of nitrogens with one attached hydrogen (secondary N) is 1. The SMILES string of the molecule is CC1(C)CCC(O)C(CNC(=O)OCc2ccccc2)C1. The van der Waals surface area contributed by atoms with Crippen LogP contribution in [0.2, 0.25) is 0 Å². The first kappa shape index (κ1) is 15.8. The summed E-state index contributed by atoms with van der Waals surface area (Å²) in [5.74, 6) is 0.109. The van der Waals surface area contributed by atoms with E-state index >= 15 is 0 Å². The van der Waals surface area contributed by atoms with Crippen LogP contribution in [0, 0.1) is 11.3 Å². The van der Waals surface area contributed by atoms with Crippen LogP contribution in [0.15, 0.2) is 30.3 Å². The predicted octanol–water partition coefficient (Wildman–Crippen LogP) is 3.10. The monoisotopic (exact) mass is 291 g/mol. The van der Waals surface area contributed by atoms with Gasteiger partial charge in [0.15, 0.2) is 0 Å². The minimum Gasteiger partial charge on any atom is -0.445 e. The molecule has 1 amide bonds. The number of aliphatic hydroxyl groups is 1. The summed E-state index contributed by atoms with van der Waals surface area (Å²) in [4.78, 5) is 11.7. The van der Waals surface area contributed by atoms with Crippen molar-refractivity contribution >= 4 is 6.09 Å². The molecule has 1 aromatic carbocycles. The van der Waals surface area contributed by atoms with Crippen molar-refractivity contribution in [1.29, 1.82) is 0 Å². The molecule has 2 unspecified atom stereocenters. The maximum absolute atomic E-state index is 11.7. The lowest BCUT2D eigenvalue weighted by atomic mass is 9.71. The molecule has 1 fully saturated rings. The number of benzene rings is 1. The number of carbonyl (C=O) groups excluding carboxylic acids is 1. The molecule has 21 heavy (non-hydrogen) atoms. The number of aliphatic hydroxyl groups excluding tert-OH is 1. The van der Waals surface area contributed by atoms with E-state index < -0.39 is 6.09 Å². The first-order valence-electron chi connectivity index (χ1n) is 7.59. The number of amides is 1. The van der Waals surface area contributed by atoms with Crippen molar-refractivity contribution in [1.82, 2.24) is 5.32 Å². The lowest BCUT2D eigenvalue weighted by Crippen LogP contribution is -2.41. The van der Waals surface area contributed by atoms with Crippen molar-refractivity contribution in [3.63, 3.8) is 0 Å². The van der Waals surface area contributed by atoms with E-state index in [1.54, 1.807) is 0 Å². The van der Waals surface area contributed by atoms with Crippen LogP contribution in [0.1, 0.15) is 38.7 Å². The molecule has 1 aliphatic rings. The van der Waals surface area contributed by atoms with Crippen LogP contribution < -0.4 is 5.32 Å². The Morgan fingerprint density at radius 2 is 2.10 bits per heavy atom. The Balaban J connectivity index is 1.73. The highest BCUT2D eigenvalue weighted by Gasteiger charge is 2.33. The summed E-state index contributed by atoms with van der Waals surface area (Å²) in [5, 5.41) is 12.8. The molecule has 2 rings (SSSR count).